The third kappa shape index (κ3) is 2.16. The van der Waals surface area contributed by atoms with E-state index in [1.807, 2.05) is 11.3 Å². The van der Waals surface area contributed by atoms with Crippen LogP contribution in [0.3, 0.4) is 0 Å². The Bertz CT molecular complexity index is 370. The van der Waals surface area contributed by atoms with Gasteiger partial charge in [-0.05, 0) is 13.0 Å². The van der Waals surface area contributed by atoms with Crippen LogP contribution in [0.1, 0.15) is 55.1 Å². The minimum absolute atomic E-state index is 0.591. The Labute approximate surface area is 103 Å². The van der Waals surface area contributed by atoms with E-state index in [0.29, 0.717) is 17.8 Å². The molecule has 0 N–H and O–H groups in total. The first-order valence-corrected chi connectivity index (χ1v) is 6.98. The van der Waals surface area contributed by atoms with Gasteiger partial charge in [-0.1, -0.05) is 27.7 Å². The van der Waals surface area contributed by atoms with E-state index in [-0.39, 0.29) is 0 Å². The molecule has 0 saturated heterocycles. The Morgan fingerprint density at radius 1 is 1.38 bits per heavy atom. The monoisotopic (exact) mass is 238 g/mol. The number of hydrogen-bond acceptors (Lipinski definition) is 3. The van der Waals surface area contributed by atoms with Gasteiger partial charge in [0.05, 0.1) is 10.7 Å². The largest absolute Gasteiger partial charge is 0.300 e. The number of hydrogen-bond donors (Lipinski definition) is 0. The molecular weight excluding hydrogens is 216 g/mol. The van der Waals surface area contributed by atoms with Crippen LogP contribution in [0.5, 0.6) is 0 Å². The molecule has 16 heavy (non-hydrogen) atoms. The topological polar surface area (TPSA) is 16.1 Å². The third-order valence-electron chi connectivity index (χ3n) is 3.59. The van der Waals surface area contributed by atoms with Crippen molar-refractivity contribution < 1.29 is 0 Å². The molecule has 1 aromatic heterocycles. The van der Waals surface area contributed by atoms with Crippen LogP contribution in [0.2, 0.25) is 0 Å². The molecule has 2 atom stereocenters. The van der Waals surface area contributed by atoms with Crippen molar-refractivity contribution in [1.82, 2.24) is 9.88 Å². The van der Waals surface area contributed by atoms with Crippen LogP contribution in [0.4, 0.5) is 0 Å². The molecule has 0 aliphatic carbocycles. The minimum atomic E-state index is 0.591. The summed E-state index contributed by atoms with van der Waals surface area (Å²) in [4.78, 5) is 8.75. The zero-order valence-electron chi connectivity index (χ0n) is 10.9. The standard InChI is InChI=1S/C13H22N2S/c1-8(2)10(4)13-14-11-7-15(5)6-9(3)12(11)16-13/h8-10H,6-7H2,1-5H3. The van der Waals surface area contributed by atoms with E-state index in [0.717, 1.165) is 6.54 Å². The zero-order valence-corrected chi connectivity index (χ0v) is 11.8. The third-order valence-corrected chi connectivity index (χ3v) is 5.12. The fourth-order valence-corrected chi connectivity index (χ4v) is 3.57. The van der Waals surface area contributed by atoms with Gasteiger partial charge in [-0.2, -0.15) is 0 Å². The number of aromatic nitrogens is 1. The summed E-state index contributed by atoms with van der Waals surface area (Å²) in [6.45, 7) is 11.4. The minimum Gasteiger partial charge on any atom is -0.300 e. The lowest BCUT2D eigenvalue weighted by molar-refractivity contribution is 0.286. The normalized spacial score (nSPS) is 23.5. The second kappa shape index (κ2) is 4.46. The predicted molar refractivity (Wildman–Crippen MR) is 70.1 cm³/mol. The van der Waals surface area contributed by atoms with Gasteiger partial charge in [-0.25, -0.2) is 4.98 Å². The maximum Gasteiger partial charge on any atom is 0.0962 e. The van der Waals surface area contributed by atoms with Crippen molar-refractivity contribution in [2.75, 3.05) is 13.6 Å². The van der Waals surface area contributed by atoms with E-state index >= 15 is 0 Å². The first kappa shape index (κ1) is 12.1. The molecule has 2 unspecified atom stereocenters. The van der Waals surface area contributed by atoms with Crippen LogP contribution in [0.15, 0.2) is 0 Å². The predicted octanol–water partition coefficient (Wildman–Crippen LogP) is 3.45. The second-order valence-corrected chi connectivity index (χ2v) is 6.56. The van der Waals surface area contributed by atoms with E-state index in [2.05, 4.69) is 39.6 Å². The van der Waals surface area contributed by atoms with Crippen LogP contribution in [0.25, 0.3) is 0 Å². The van der Waals surface area contributed by atoms with Crippen molar-refractivity contribution >= 4 is 11.3 Å². The van der Waals surface area contributed by atoms with Gasteiger partial charge in [0.25, 0.3) is 0 Å². The molecular formula is C13H22N2S. The van der Waals surface area contributed by atoms with E-state index in [9.17, 15) is 0 Å². The van der Waals surface area contributed by atoms with Crippen LogP contribution < -0.4 is 0 Å². The van der Waals surface area contributed by atoms with Gasteiger partial charge >= 0.3 is 0 Å². The molecule has 2 rings (SSSR count). The van der Waals surface area contributed by atoms with Crippen LogP contribution in [-0.4, -0.2) is 23.5 Å². The van der Waals surface area contributed by atoms with Crippen molar-refractivity contribution in [3.8, 4) is 0 Å². The van der Waals surface area contributed by atoms with Crippen molar-refractivity contribution in [2.24, 2.45) is 5.92 Å². The number of rotatable bonds is 2. The van der Waals surface area contributed by atoms with E-state index in [1.165, 1.54) is 22.1 Å². The van der Waals surface area contributed by atoms with Gasteiger partial charge < -0.3 is 0 Å². The summed E-state index contributed by atoms with van der Waals surface area (Å²) in [6, 6.07) is 0. The summed E-state index contributed by atoms with van der Waals surface area (Å²) in [5, 5.41) is 1.34. The summed E-state index contributed by atoms with van der Waals surface area (Å²) in [6.07, 6.45) is 0. The lowest BCUT2D eigenvalue weighted by atomic mass is 9.99. The lowest BCUT2D eigenvalue weighted by Gasteiger charge is -2.26. The van der Waals surface area contributed by atoms with Crippen LogP contribution in [0, 0.1) is 5.92 Å². The highest BCUT2D eigenvalue weighted by Crippen LogP contribution is 2.36. The first-order valence-electron chi connectivity index (χ1n) is 6.17. The Morgan fingerprint density at radius 2 is 2.06 bits per heavy atom. The second-order valence-electron chi connectivity index (χ2n) is 5.49. The highest BCUT2D eigenvalue weighted by Gasteiger charge is 2.26. The summed E-state index contributed by atoms with van der Waals surface area (Å²) >= 11 is 1.94. The Balaban J connectivity index is 2.29. The average Bonchev–Trinajstić information content (AvgIpc) is 2.60. The molecule has 0 radical (unpaired) electrons. The first-order chi connectivity index (χ1) is 7.49. The van der Waals surface area contributed by atoms with E-state index in [1.54, 1.807) is 0 Å². The molecule has 1 aliphatic heterocycles. The van der Waals surface area contributed by atoms with Gasteiger partial charge in [-0.3, -0.25) is 4.90 Å². The molecule has 2 nitrogen and oxygen atoms in total. The van der Waals surface area contributed by atoms with Crippen molar-refractivity contribution in [2.45, 2.75) is 46.1 Å². The number of likely N-dealkylation sites (N-methyl/N-ethyl adjacent to an activating group) is 1. The molecule has 3 heteroatoms. The maximum absolute atomic E-state index is 4.85. The molecule has 2 heterocycles. The van der Waals surface area contributed by atoms with E-state index in [4.69, 9.17) is 4.98 Å². The maximum atomic E-state index is 4.85. The highest BCUT2D eigenvalue weighted by molar-refractivity contribution is 7.12. The smallest absolute Gasteiger partial charge is 0.0962 e. The summed E-state index contributed by atoms with van der Waals surface area (Å²) in [5.41, 5.74) is 1.33. The van der Waals surface area contributed by atoms with Gasteiger partial charge in [0.1, 0.15) is 0 Å². The Morgan fingerprint density at radius 3 is 2.69 bits per heavy atom. The molecule has 1 aromatic rings. The van der Waals surface area contributed by atoms with Crippen molar-refractivity contribution in [3.63, 3.8) is 0 Å². The van der Waals surface area contributed by atoms with Gasteiger partial charge in [0.2, 0.25) is 0 Å². The molecule has 1 aliphatic rings. The molecule has 0 amide bonds. The molecule has 0 spiro atoms. The SMILES string of the molecule is CC1CN(C)Cc2nc(C(C)C(C)C)sc21. The lowest BCUT2D eigenvalue weighted by Crippen LogP contribution is -2.28. The Kier molecular flexibility index (Phi) is 3.36. The van der Waals surface area contributed by atoms with Crippen LogP contribution in [-0.2, 0) is 6.54 Å². The number of thiazole rings is 1. The van der Waals surface area contributed by atoms with Gasteiger partial charge in [0, 0.05) is 29.8 Å². The summed E-state index contributed by atoms with van der Waals surface area (Å²) in [5.74, 6) is 1.92. The van der Waals surface area contributed by atoms with Crippen LogP contribution >= 0.6 is 11.3 Å². The molecule has 0 bridgehead atoms. The van der Waals surface area contributed by atoms with Crippen molar-refractivity contribution in [3.05, 3.63) is 15.6 Å². The fourth-order valence-electron chi connectivity index (χ4n) is 2.23. The average molecular weight is 238 g/mol. The summed E-state index contributed by atoms with van der Waals surface area (Å²) in [7, 11) is 2.18. The Hall–Kier alpha value is -0.410. The zero-order chi connectivity index (χ0) is 11.9. The highest BCUT2D eigenvalue weighted by atomic mass is 32.1. The summed E-state index contributed by atoms with van der Waals surface area (Å²) < 4.78 is 0. The fraction of sp³-hybridized carbons (Fsp3) is 0.769. The van der Waals surface area contributed by atoms with Gasteiger partial charge in [0.15, 0.2) is 0 Å². The number of nitrogens with zero attached hydrogens (tertiary/aromatic N) is 2. The molecule has 90 valence electrons. The molecule has 0 fully saturated rings. The quantitative estimate of drug-likeness (QED) is 0.784. The van der Waals surface area contributed by atoms with Gasteiger partial charge in [-0.15, -0.1) is 11.3 Å². The van der Waals surface area contributed by atoms with Crippen molar-refractivity contribution in [1.29, 1.82) is 0 Å². The number of fused-ring (bicyclic) bond motifs is 1. The molecule has 0 aromatic carbocycles. The molecule has 0 saturated carbocycles. The van der Waals surface area contributed by atoms with E-state index < -0.39 is 0 Å².